The van der Waals surface area contributed by atoms with E-state index >= 15 is 0 Å². The van der Waals surface area contributed by atoms with E-state index in [1.54, 1.807) is 29.2 Å². The first kappa shape index (κ1) is 14.4. The molecule has 1 heterocycles. The van der Waals surface area contributed by atoms with E-state index in [-0.39, 0.29) is 5.69 Å². The van der Waals surface area contributed by atoms with Gasteiger partial charge in [-0.15, -0.1) is 5.10 Å². The first-order chi connectivity index (χ1) is 9.68. The molecular formula is C12H14ClN5O2. The van der Waals surface area contributed by atoms with Gasteiger partial charge in [0, 0.05) is 25.4 Å². The van der Waals surface area contributed by atoms with Crippen molar-refractivity contribution in [2.45, 2.75) is 19.5 Å². The minimum absolute atomic E-state index is 0.0428. The molecule has 0 aliphatic heterocycles. The Hall–Kier alpha value is -1.99. The predicted molar refractivity (Wildman–Crippen MR) is 74.5 cm³/mol. The molecule has 1 aromatic heterocycles. The van der Waals surface area contributed by atoms with Crippen molar-refractivity contribution in [3.05, 3.63) is 51.3 Å². The third-order valence-corrected chi connectivity index (χ3v) is 3.16. The standard InChI is InChI=1S/C12H14ClN5O2/c13-11-3-1-4-12(18(19)20)10(11)9-14-5-2-7-17-8-6-15-16-17/h1,3-4,6,8,14H,2,5,7,9H2. The van der Waals surface area contributed by atoms with Crippen molar-refractivity contribution in [3.63, 3.8) is 0 Å². The highest BCUT2D eigenvalue weighted by molar-refractivity contribution is 6.31. The molecule has 0 amide bonds. The number of rotatable bonds is 7. The van der Waals surface area contributed by atoms with Gasteiger partial charge < -0.3 is 5.32 Å². The summed E-state index contributed by atoms with van der Waals surface area (Å²) in [4.78, 5) is 10.5. The Morgan fingerprint density at radius 2 is 2.30 bits per heavy atom. The molecule has 0 saturated heterocycles. The second kappa shape index (κ2) is 6.97. The third kappa shape index (κ3) is 3.75. The Kier molecular flexibility index (Phi) is 5.03. The predicted octanol–water partition coefficient (Wildman–Crippen LogP) is 2.02. The molecule has 8 heteroatoms. The molecule has 2 rings (SSSR count). The normalized spacial score (nSPS) is 10.7. The molecule has 0 bridgehead atoms. The summed E-state index contributed by atoms with van der Waals surface area (Å²) in [6.07, 6.45) is 4.26. The number of nitrogens with one attached hydrogen (secondary N) is 1. The Bertz CT molecular complexity index is 573. The Labute approximate surface area is 120 Å². The second-order valence-electron chi connectivity index (χ2n) is 4.19. The minimum atomic E-state index is -0.418. The first-order valence-electron chi connectivity index (χ1n) is 6.15. The molecule has 1 N–H and O–H groups in total. The summed E-state index contributed by atoms with van der Waals surface area (Å²) >= 11 is 6.00. The number of aromatic nitrogens is 3. The van der Waals surface area contributed by atoms with Crippen molar-refractivity contribution < 1.29 is 4.92 Å². The zero-order valence-corrected chi connectivity index (χ0v) is 11.5. The van der Waals surface area contributed by atoms with Gasteiger partial charge in [0.25, 0.3) is 5.69 Å². The average Bonchev–Trinajstić information content (AvgIpc) is 2.92. The SMILES string of the molecule is O=[N+]([O-])c1cccc(Cl)c1CNCCCn1ccnn1. The van der Waals surface area contributed by atoms with Crippen LogP contribution in [0.5, 0.6) is 0 Å². The van der Waals surface area contributed by atoms with Crippen LogP contribution in [0.4, 0.5) is 5.69 Å². The molecular weight excluding hydrogens is 282 g/mol. The van der Waals surface area contributed by atoms with Crippen LogP contribution in [-0.2, 0) is 13.1 Å². The van der Waals surface area contributed by atoms with Crippen molar-refractivity contribution in [1.82, 2.24) is 20.3 Å². The van der Waals surface area contributed by atoms with Crippen LogP contribution in [0.15, 0.2) is 30.6 Å². The van der Waals surface area contributed by atoms with Crippen LogP contribution in [-0.4, -0.2) is 26.5 Å². The molecule has 0 atom stereocenters. The van der Waals surface area contributed by atoms with Crippen molar-refractivity contribution in [2.75, 3.05) is 6.54 Å². The van der Waals surface area contributed by atoms with Gasteiger partial charge in [-0.2, -0.15) is 0 Å². The number of nitro groups is 1. The lowest BCUT2D eigenvalue weighted by Gasteiger charge is -2.07. The highest BCUT2D eigenvalue weighted by Gasteiger charge is 2.15. The molecule has 1 aromatic carbocycles. The molecule has 0 aliphatic rings. The summed E-state index contributed by atoms with van der Waals surface area (Å²) in [5, 5.41) is 22.0. The van der Waals surface area contributed by atoms with Crippen molar-refractivity contribution in [2.24, 2.45) is 0 Å². The summed E-state index contributed by atoms with van der Waals surface area (Å²) < 4.78 is 1.74. The number of halogens is 1. The number of benzene rings is 1. The monoisotopic (exact) mass is 295 g/mol. The van der Waals surface area contributed by atoms with E-state index in [0.717, 1.165) is 13.0 Å². The van der Waals surface area contributed by atoms with E-state index in [1.807, 2.05) is 0 Å². The van der Waals surface area contributed by atoms with Gasteiger partial charge >= 0.3 is 0 Å². The lowest BCUT2D eigenvalue weighted by molar-refractivity contribution is -0.385. The summed E-state index contributed by atoms with van der Waals surface area (Å²) in [6, 6.07) is 4.69. The van der Waals surface area contributed by atoms with E-state index in [9.17, 15) is 10.1 Å². The first-order valence-corrected chi connectivity index (χ1v) is 6.53. The zero-order chi connectivity index (χ0) is 14.4. The Balaban J connectivity index is 1.83. The van der Waals surface area contributed by atoms with Gasteiger partial charge in [-0.1, -0.05) is 22.9 Å². The van der Waals surface area contributed by atoms with Crippen LogP contribution in [0.2, 0.25) is 5.02 Å². The van der Waals surface area contributed by atoms with Gasteiger partial charge in [0.05, 0.1) is 21.7 Å². The maximum absolute atomic E-state index is 10.9. The fraction of sp³-hybridized carbons (Fsp3) is 0.333. The minimum Gasteiger partial charge on any atom is -0.312 e. The molecule has 0 fully saturated rings. The van der Waals surface area contributed by atoms with E-state index in [4.69, 9.17) is 11.6 Å². The third-order valence-electron chi connectivity index (χ3n) is 2.81. The van der Waals surface area contributed by atoms with Crippen molar-refractivity contribution in [1.29, 1.82) is 0 Å². The van der Waals surface area contributed by atoms with E-state index in [1.165, 1.54) is 6.07 Å². The zero-order valence-electron chi connectivity index (χ0n) is 10.7. The topological polar surface area (TPSA) is 85.9 Å². The molecule has 106 valence electrons. The van der Waals surface area contributed by atoms with E-state index < -0.39 is 4.92 Å². The van der Waals surface area contributed by atoms with E-state index in [2.05, 4.69) is 15.6 Å². The molecule has 0 saturated carbocycles. The molecule has 0 spiro atoms. The number of hydrogen-bond acceptors (Lipinski definition) is 5. The van der Waals surface area contributed by atoms with Crippen molar-refractivity contribution >= 4 is 17.3 Å². The quantitative estimate of drug-likeness (QED) is 0.480. The maximum Gasteiger partial charge on any atom is 0.275 e. The van der Waals surface area contributed by atoms with E-state index in [0.29, 0.717) is 23.7 Å². The summed E-state index contributed by atoms with van der Waals surface area (Å²) in [7, 11) is 0. The van der Waals surface area contributed by atoms with Gasteiger partial charge in [-0.25, -0.2) is 0 Å². The van der Waals surface area contributed by atoms with Gasteiger partial charge in [0.15, 0.2) is 0 Å². The van der Waals surface area contributed by atoms with Crippen LogP contribution in [0.3, 0.4) is 0 Å². The Morgan fingerprint density at radius 1 is 1.45 bits per heavy atom. The van der Waals surface area contributed by atoms with Crippen LogP contribution in [0, 0.1) is 10.1 Å². The molecule has 7 nitrogen and oxygen atoms in total. The van der Waals surface area contributed by atoms with Gasteiger partial charge in [-0.05, 0) is 19.0 Å². The van der Waals surface area contributed by atoms with Gasteiger partial charge in [0.2, 0.25) is 0 Å². The molecule has 20 heavy (non-hydrogen) atoms. The molecule has 2 aromatic rings. The highest BCUT2D eigenvalue weighted by Crippen LogP contribution is 2.25. The second-order valence-corrected chi connectivity index (χ2v) is 4.60. The van der Waals surface area contributed by atoms with Crippen LogP contribution < -0.4 is 5.32 Å². The summed E-state index contributed by atoms with van der Waals surface area (Å²) in [5.41, 5.74) is 0.557. The van der Waals surface area contributed by atoms with Crippen LogP contribution >= 0.6 is 11.6 Å². The Morgan fingerprint density at radius 3 is 3.00 bits per heavy atom. The molecule has 0 unspecified atom stereocenters. The molecule has 0 radical (unpaired) electrons. The van der Waals surface area contributed by atoms with Crippen LogP contribution in [0.1, 0.15) is 12.0 Å². The summed E-state index contributed by atoms with van der Waals surface area (Å²) in [5.74, 6) is 0. The lowest BCUT2D eigenvalue weighted by atomic mass is 10.2. The fourth-order valence-electron chi connectivity index (χ4n) is 1.82. The van der Waals surface area contributed by atoms with Crippen LogP contribution in [0.25, 0.3) is 0 Å². The van der Waals surface area contributed by atoms with Gasteiger partial charge in [0.1, 0.15) is 0 Å². The van der Waals surface area contributed by atoms with Gasteiger partial charge in [-0.3, -0.25) is 14.8 Å². The average molecular weight is 296 g/mol. The number of hydrogen-bond donors (Lipinski definition) is 1. The van der Waals surface area contributed by atoms with Crippen molar-refractivity contribution in [3.8, 4) is 0 Å². The molecule has 0 aliphatic carbocycles. The highest BCUT2D eigenvalue weighted by atomic mass is 35.5. The number of nitro benzene ring substituents is 1. The number of nitrogens with zero attached hydrogens (tertiary/aromatic N) is 4. The lowest BCUT2D eigenvalue weighted by Crippen LogP contribution is -2.17. The maximum atomic E-state index is 10.9. The summed E-state index contributed by atoms with van der Waals surface area (Å²) in [6.45, 7) is 1.83. The number of aryl methyl sites for hydroxylation is 1. The smallest absolute Gasteiger partial charge is 0.275 e. The largest absolute Gasteiger partial charge is 0.312 e. The fourth-order valence-corrected chi connectivity index (χ4v) is 2.06.